The van der Waals surface area contributed by atoms with E-state index in [1.807, 2.05) is 24.4 Å². The van der Waals surface area contributed by atoms with Crippen LogP contribution in [-0.2, 0) is 9.59 Å². The van der Waals surface area contributed by atoms with Crippen LogP contribution in [-0.4, -0.2) is 21.2 Å². The lowest BCUT2D eigenvalue weighted by molar-refractivity contribution is -0.134. The van der Waals surface area contributed by atoms with Crippen LogP contribution in [0.25, 0.3) is 5.52 Å². The van der Waals surface area contributed by atoms with Crippen LogP contribution >= 0.6 is 0 Å². The first kappa shape index (κ1) is 10.8. The number of aromatic nitrogens is 2. The van der Waals surface area contributed by atoms with Crippen LogP contribution in [0.2, 0.25) is 0 Å². The van der Waals surface area contributed by atoms with Crippen LogP contribution in [0.5, 0.6) is 0 Å². The van der Waals surface area contributed by atoms with Crippen LogP contribution in [0, 0.1) is 0 Å². The van der Waals surface area contributed by atoms with Crippen molar-refractivity contribution in [3.05, 3.63) is 30.2 Å². The van der Waals surface area contributed by atoms with E-state index in [2.05, 4.69) is 10.3 Å². The van der Waals surface area contributed by atoms with E-state index in [1.54, 1.807) is 4.40 Å². The molecule has 2 aromatic rings. The van der Waals surface area contributed by atoms with Crippen molar-refractivity contribution in [2.75, 3.05) is 5.73 Å². The average molecular weight is 244 g/mol. The number of nitrogens with two attached hydrogens (primary N) is 1. The molecule has 0 spiro atoms. The Balaban J connectivity index is 2.09. The summed E-state index contributed by atoms with van der Waals surface area (Å²) >= 11 is 0. The summed E-state index contributed by atoms with van der Waals surface area (Å²) in [5.74, 6) is 0.0328. The smallest absolute Gasteiger partial charge is 0.237 e. The molecule has 2 amide bonds. The van der Waals surface area contributed by atoms with Gasteiger partial charge >= 0.3 is 0 Å². The molecule has 6 heteroatoms. The average Bonchev–Trinajstić information content (AvgIpc) is 2.68. The predicted octanol–water partition coefficient (Wildman–Crippen LogP) is 0.437. The number of amides is 2. The highest BCUT2D eigenvalue weighted by molar-refractivity contribution is 6.00. The van der Waals surface area contributed by atoms with Gasteiger partial charge in [0.1, 0.15) is 11.6 Å². The molecular weight excluding hydrogens is 232 g/mol. The van der Waals surface area contributed by atoms with Gasteiger partial charge in [-0.3, -0.25) is 14.9 Å². The van der Waals surface area contributed by atoms with E-state index in [-0.39, 0.29) is 11.8 Å². The van der Waals surface area contributed by atoms with E-state index >= 15 is 0 Å². The van der Waals surface area contributed by atoms with Crippen molar-refractivity contribution in [2.24, 2.45) is 0 Å². The predicted molar refractivity (Wildman–Crippen MR) is 64.7 cm³/mol. The Hall–Kier alpha value is -2.37. The summed E-state index contributed by atoms with van der Waals surface area (Å²) in [6.07, 6.45) is 2.62. The molecule has 92 valence electrons. The maximum atomic E-state index is 11.8. The highest BCUT2D eigenvalue weighted by atomic mass is 16.2. The second kappa shape index (κ2) is 3.83. The normalized spacial score (nSPS) is 20.1. The summed E-state index contributed by atoms with van der Waals surface area (Å²) in [4.78, 5) is 27.2. The molecular formula is C12H12N4O2. The lowest BCUT2D eigenvalue weighted by Gasteiger charge is -2.19. The monoisotopic (exact) mass is 244 g/mol. The molecule has 18 heavy (non-hydrogen) atoms. The zero-order valence-electron chi connectivity index (χ0n) is 9.59. The van der Waals surface area contributed by atoms with Gasteiger partial charge in [0.15, 0.2) is 0 Å². The van der Waals surface area contributed by atoms with Crippen molar-refractivity contribution in [1.29, 1.82) is 0 Å². The van der Waals surface area contributed by atoms with Gasteiger partial charge < -0.3 is 10.1 Å². The minimum atomic E-state index is -0.421. The number of imidazole rings is 1. The number of imide groups is 1. The summed E-state index contributed by atoms with van der Waals surface area (Å²) in [5.41, 5.74) is 6.60. The fraction of sp³-hybridized carbons (Fsp3) is 0.250. The summed E-state index contributed by atoms with van der Waals surface area (Å²) in [6.45, 7) is 0. The molecule has 0 saturated carbocycles. The van der Waals surface area contributed by atoms with Gasteiger partial charge in [-0.15, -0.1) is 0 Å². The minimum Gasteiger partial charge on any atom is -0.382 e. The maximum Gasteiger partial charge on any atom is 0.237 e. The molecule has 1 atom stereocenters. The van der Waals surface area contributed by atoms with Crippen molar-refractivity contribution in [2.45, 2.75) is 18.8 Å². The first-order valence-corrected chi connectivity index (χ1v) is 5.73. The van der Waals surface area contributed by atoms with E-state index in [0.29, 0.717) is 24.5 Å². The number of anilines is 1. The molecule has 1 saturated heterocycles. The Morgan fingerprint density at radius 2 is 2.22 bits per heavy atom. The zero-order chi connectivity index (χ0) is 12.7. The molecule has 0 aromatic carbocycles. The molecule has 2 aromatic heterocycles. The zero-order valence-corrected chi connectivity index (χ0v) is 9.59. The second-order valence-corrected chi connectivity index (χ2v) is 4.31. The third-order valence-electron chi connectivity index (χ3n) is 3.15. The topological polar surface area (TPSA) is 89.5 Å². The number of carbonyl (C=O) groups excluding carboxylic acids is 2. The number of hydrogen-bond donors (Lipinski definition) is 2. The molecule has 3 N–H and O–H groups in total. The Labute approximate surface area is 103 Å². The third-order valence-corrected chi connectivity index (χ3v) is 3.15. The molecule has 0 radical (unpaired) electrons. The van der Waals surface area contributed by atoms with Gasteiger partial charge in [-0.25, -0.2) is 4.98 Å². The molecule has 1 aliphatic rings. The third kappa shape index (κ3) is 1.54. The Bertz CT molecular complexity index is 647. The lowest BCUT2D eigenvalue weighted by atomic mass is 9.97. The molecule has 0 bridgehead atoms. The van der Waals surface area contributed by atoms with Crippen LogP contribution in [0.1, 0.15) is 24.6 Å². The first-order chi connectivity index (χ1) is 8.66. The largest absolute Gasteiger partial charge is 0.382 e. The number of pyridine rings is 1. The number of nitrogens with one attached hydrogen (secondary N) is 1. The maximum absolute atomic E-state index is 11.8. The SMILES string of the molecule is Nc1nc(C2CCC(=O)NC2=O)n2ccccc12. The highest BCUT2D eigenvalue weighted by Gasteiger charge is 2.31. The van der Waals surface area contributed by atoms with Gasteiger partial charge in [0.25, 0.3) is 0 Å². The minimum absolute atomic E-state index is 0.231. The number of hydrogen-bond acceptors (Lipinski definition) is 4. The Kier molecular flexibility index (Phi) is 2.29. The van der Waals surface area contributed by atoms with Gasteiger partial charge in [0, 0.05) is 12.6 Å². The van der Waals surface area contributed by atoms with E-state index in [4.69, 9.17) is 5.73 Å². The summed E-state index contributed by atoms with van der Waals surface area (Å²) < 4.78 is 1.80. The van der Waals surface area contributed by atoms with E-state index in [9.17, 15) is 9.59 Å². The fourth-order valence-electron chi connectivity index (χ4n) is 2.27. The first-order valence-electron chi connectivity index (χ1n) is 5.73. The van der Waals surface area contributed by atoms with Crippen LogP contribution in [0.3, 0.4) is 0 Å². The van der Waals surface area contributed by atoms with Crippen molar-refractivity contribution in [1.82, 2.24) is 14.7 Å². The van der Waals surface area contributed by atoms with E-state index < -0.39 is 5.92 Å². The number of carbonyl (C=O) groups is 2. The van der Waals surface area contributed by atoms with Crippen LogP contribution in [0.4, 0.5) is 5.82 Å². The summed E-state index contributed by atoms with van der Waals surface area (Å²) in [7, 11) is 0. The highest BCUT2D eigenvalue weighted by Crippen LogP contribution is 2.27. The molecule has 1 fully saturated rings. The lowest BCUT2D eigenvalue weighted by Crippen LogP contribution is -2.40. The molecule has 1 unspecified atom stereocenters. The van der Waals surface area contributed by atoms with Crippen LogP contribution in [0.15, 0.2) is 24.4 Å². The van der Waals surface area contributed by atoms with Crippen molar-refractivity contribution >= 4 is 23.1 Å². The van der Waals surface area contributed by atoms with Gasteiger partial charge in [-0.1, -0.05) is 6.07 Å². The molecule has 6 nitrogen and oxygen atoms in total. The number of rotatable bonds is 1. The number of nitrogens with zero attached hydrogens (tertiary/aromatic N) is 2. The summed E-state index contributed by atoms with van der Waals surface area (Å²) in [6, 6.07) is 5.56. The molecule has 3 heterocycles. The van der Waals surface area contributed by atoms with Gasteiger partial charge in [-0.2, -0.15) is 0 Å². The number of piperidine rings is 1. The van der Waals surface area contributed by atoms with Crippen molar-refractivity contribution in [3.63, 3.8) is 0 Å². The number of fused-ring (bicyclic) bond motifs is 1. The van der Waals surface area contributed by atoms with Gasteiger partial charge in [0.05, 0.1) is 11.4 Å². The Morgan fingerprint density at radius 3 is 3.00 bits per heavy atom. The molecule has 3 rings (SSSR count). The van der Waals surface area contributed by atoms with Crippen molar-refractivity contribution in [3.8, 4) is 0 Å². The standard InChI is InChI=1S/C12H12N4O2/c13-10-8-3-1-2-6-16(8)11(15-10)7-4-5-9(17)14-12(7)18/h1-3,6-7H,4-5,13H2,(H,14,17,18). The van der Waals surface area contributed by atoms with E-state index in [1.165, 1.54) is 0 Å². The summed E-state index contributed by atoms with van der Waals surface area (Å²) in [5, 5.41) is 2.33. The molecule has 0 aliphatic carbocycles. The van der Waals surface area contributed by atoms with Gasteiger partial charge in [-0.05, 0) is 18.6 Å². The van der Waals surface area contributed by atoms with Crippen LogP contribution < -0.4 is 11.1 Å². The van der Waals surface area contributed by atoms with Crippen molar-refractivity contribution < 1.29 is 9.59 Å². The quantitative estimate of drug-likeness (QED) is 0.712. The van der Waals surface area contributed by atoms with Gasteiger partial charge in [0.2, 0.25) is 11.8 Å². The second-order valence-electron chi connectivity index (χ2n) is 4.31. The fourth-order valence-corrected chi connectivity index (χ4v) is 2.27. The Morgan fingerprint density at radius 1 is 1.39 bits per heavy atom. The molecule has 1 aliphatic heterocycles. The number of nitrogen functional groups attached to an aromatic ring is 1. The van der Waals surface area contributed by atoms with E-state index in [0.717, 1.165) is 5.52 Å².